The first-order valence-electron chi connectivity index (χ1n) is 7.32. The molecule has 0 spiro atoms. The van der Waals surface area contributed by atoms with E-state index in [1.165, 1.54) is 0 Å². The van der Waals surface area contributed by atoms with E-state index in [2.05, 4.69) is 15.6 Å². The van der Waals surface area contributed by atoms with Crippen LogP contribution < -0.4 is 10.6 Å². The highest BCUT2D eigenvalue weighted by atomic mass is 35.5. The average molecular weight is 334 g/mol. The van der Waals surface area contributed by atoms with Crippen LogP contribution in [0.2, 0.25) is 5.02 Å². The van der Waals surface area contributed by atoms with Crippen LogP contribution in [0.4, 0.5) is 0 Å². The van der Waals surface area contributed by atoms with Gasteiger partial charge in [0.15, 0.2) is 5.76 Å². The smallest absolute Gasteiger partial charge is 0.243 e. The summed E-state index contributed by atoms with van der Waals surface area (Å²) in [7, 11) is 0. The fourth-order valence-electron chi connectivity index (χ4n) is 2.49. The molecular formula is C16H16ClN3O3. The van der Waals surface area contributed by atoms with Crippen LogP contribution in [0.15, 0.2) is 28.7 Å². The minimum absolute atomic E-state index is 0.0952. The monoisotopic (exact) mass is 333 g/mol. The van der Waals surface area contributed by atoms with Crippen molar-refractivity contribution in [1.82, 2.24) is 15.6 Å². The molecule has 0 unspecified atom stereocenters. The van der Waals surface area contributed by atoms with Crippen LogP contribution in [0, 0.1) is 6.92 Å². The summed E-state index contributed by atoms with van der Waals surface area (Å²) in [6.45, 7) is 2.02. The average Bonchev–Trinajstić information content (AvgIpc) is 3.12. The largest absolute Gasteiger partial charge is 0.438 e. The van der Waals surface area contributed by atoms with Crippen LogP contribution in [0.3, 0.4) is 0 Å². The SMILES string of the molecule is Cc1nc(CNC(=O)[C@H]2CCC(=O)N2)oc1-c1ccc(Cl)cc1. The molecule has 1 aliphatic heterocycles. The molecule has 0 bridgehead atoms. The predicted molar refractivity (Wildman–Crippen MR) is 84.7 cm³/mol. The van der Waals surface area contributed by atoms with Crippen LogP contribution >= 0.6 is 11.6 Å². The molecule has 1 aromatic heterocycles. The summed E-state index contributed by atoms with van der Waals surface area (Å²) >= 11 is 5.88. The molecule has 0 saturated carbocycles. The van der Waals surface area contributed by atoms with E-state index < -0.39 is 6.04 Å². The van der Waals surface area contributed by atoms with Crippen molar-refractivity contribution in [2.75, 3.05) is 0 Å². The molecule has 120 valence electrons. The molecule has 2 N–H and O–H groups in total. The van der Waals surface area contributed by atoms with Gasteiger partial charge in [-0.15, -0.1) is 0 Å². The lowest BCUT2D eigenvalue weighted by Crippen LogP contribution is -2.41. The number of carbonyl (C=O) groups is 2. The number of hydrogen-bond acceptors (Lipinski definition) is 4. The summed E-state index contributed by atoms with van der Waals surface area (Å²) in [5.41, 5.74) is 1.62. The minimum Gasteiger partial charge on any atom is -0.438 e. The van der Waals surface area contributed by atoms with Crippen molar-refractivity contribution < 1.29 is 14.0 Å². The number of nitrogens with one attached hydrogen (secondary N) is 2. The van der Waals surface area contributed by atoms with E-state index in [1.807, 2.05) is 19.1 Å². The second-order valence-electron chi connectivity index (χ2n) is 5.41. The molecule has 2 heterocycles. The second-order valence-corrected chi connectivity index (χ2v) is 5.84. The summed E-state index contributed by atoms with van der Waals surface area (Å²) in [4.78, 5) is 27.4. The van der Waals surface area contributed by atoms with Crippen LogP contribution in [-0.4, -0.2) is 22.8 Å². The van der Waals surface area contributed by atoms with Gasteiger partial charge in [0, 0.05) is 17.0 Å². The van der Waals surface area contributed by atoms with Crippen molar-refractivity contribution in [2.24, 2.45) is 0 Å². The molecule has 1 saturated heterocycles. The van der Waals surface area contributed by atoms with Gasteiger partial charge in [0.25, 0.3) is 0 Å². The summed E-state index contributed by atoms with van der Waals surface area (Å²) in [6, 6.07) is 6.80. The number of rotatable bonds is 4. The van der Waals surface area contributed by atoms with Gasteiger partial charge < -0.3 is 15.1 Å². The Morgan fingerprint density at radius 1 is 1.43 bits per heavy atom. The van der Waals surface area contributed by atoms with Gasteiger partial charge in [-0.1, -0.05) is 11.6 Å². The molecule has 2 aromatic rings. The number of halogens is 1. The Kier molecular flexibility index (Phi) is 4.34. The maximum absolute atomic E-state index is 12.0. The highest BCUT2D eigenvalue weighted by molar-refractivity contribution is 6.30. The lowest BCUT2D eigenvalue weighted by Gasteiger charge is -2.09. The number of amides is 2. The fourth-order valence-corrected chi connectivity index (χ4v) is 2.62. The van der Waals surface area contributed by atoms with Crippen molar-refractivity contribution in [1.29, 1.82) is 0 Å². The lowest BCUT2D eigenvalue weighted by molar-refractivity contribution is -0.125. The summed E-state index contributed by atoms with van der Waals surface area (Å²) in [6.07, 6.45) is 0.905. The van der Waals surface area contributed by atoms with Crippen molar-refractivity contribution in [3.05, 3.63) is 40.9 Å². The third kappa shape index (κ3) is 3.53. The van der Waals surface area contributed by atoms with Gasteiger partial charge in [0.1, 0.15) is 6.04 Å². The number of aromatic nitrogens is 1. The maximum atomic E-state index is 12.0. The third-order valence-corrected chi connectivity index (χ3v) is 3.92. The van der Waals surface area contributed by atoms with Gasteiger partial charge >= 0.3 is 0 Å². The molecule has 1 fully saturated rings. The molecule has 2 amide bonds. The van der Waals surface area contributed by atoms with E-state index in [4.69, 9.17) is 16.0 Å². The Morgan fingerprint density at radius 2 is 2.17 bits per heavy atom. The molecule has 6 nitrogen and oxygen atoms in total. The molecule has 23 heavy (non-hydrogen) atoms. The maximum Gasteiger partial charge on any atom is 0.243 e. The standard InChI is InChI=1S/C16H16ClN3O3/c1-9-15(10-2-4-11(17)5-3-10)23-14(19-9)8-18-16(22)12-6-7-13(21)20-12/h2-5,12H,6-8H2,1H3,(H,18,22)(H,20,21)/t12-/m1/s1. The number of aryl methyl sites for hydroxylation is 1. The van der Waals surface area contributed by atoms with Gasteiger partial charge in [-0.2, -0.15) is 0 Å². The van der Waals surface area contributed by atoms with Gasteiger partial charge in [-0.05, 0) is 37.6 Å². The number of carbonyl (C=O) groups excluding carboxylic acids is 2. The van der Waals surface area contributed by atoms with Crippen molar-refractivity contribution in [3.63, 3.8) is 0 Å². The van der Waals surface area contributed by atoms with E-state index in [1.54, 1.807) is 12.1 Å². The van der Waals surface area contributed by atoms with Crippen molar-refractivity contribution in [2.45, 2.75) is 32.4 Å². The molecular weight excluding hydrogens is 318 g/mol. The Labute approximate surface area is 138 Å². The van der Waals surface area contributed by atoms with E-state index in [0.717, 1.165) is 11.3 Å². The zero-order chi connectivity index (χ0) is 16.4. The summed E-state index contributed by atoms with van der Waals surface area (Å²) in [5, 5.41) is 6.00. The zero-order valence-electron chi connectivity index (χ0n) is 12.6. The molecule has 0 radical (unpaired) electrons. The van der Waals surface area contributed by atoms with E-state index in [-0.39, 0.29) is 18.4 Å². The fraction of sp³-hybridized carbons (Fsp3) is 0.312. The topological polar surface area (TPSA) is 84.2 Å². The van der Waals surface area contributed by atoms with Crippen molar-refractivity contribution in [3.8, 4) is 11.3 Å². The number of oxazole rings is 1. The van der Waals surface area contributed by atoms with Gasteiger partial charge in [0.2, 0.25) is 17.7 Å². The van der Waals surface area contributed by atoms with Crippen LogP contribution in [0.1, 0.15) is 24.4 Å². The summed E-state index contributed by atoms with van der Waals surface area (Å²) < 4.78 is 5.72. The van der Waals surface area contributed by atoms with E-state index in [9.17, 15) is 9.59 Å². The predicted octanol–water partition coefficient (Wildman–Crippen LogP) is 2.20. The highest BCUT2D eigenvalue weighted by Crippen LogP contribution is 2.25. The third-order valence-electron chi connectivity index (χ3n) is 3.67. The highest BCUT2D eigenvalue weighted by Gasteiger charge is 2.27. The quantitative estimate of drug-likeness (QED) is 0.898. The summed E-state index contributed by atoms with van der Waals surface area (Å²) in [5.74, 6) is 0.757. The first-order valence-corrected chi connectivity index (χ1v) is 7.70. The van der Waals surface area contributed by atoms with Gasteiger partial charge in [-0.3, -0.25) is 9.59 Å². The first-order chi connectivity index (χ1) is 11.0. The Hall–Kier alpha value is -2.34. The Morgan fingerprint density at radius 3 is 2.83 bits per heavy atom. The van der Waals surface area contributed by atoms with E-state index >= 15 is 0 Å². The molecule has 1 atom stereocenters. The second kappa shape index (κ2) is 6.42. The van der Waals surface area contributed by atoms with Crippen LogP contribution in [-0.2, 0) is 16.1 Å². The van der Waals surface area contributed by atoms with Gasteiger partial charge in [0.05, 0.1) is 12.2 Å². The lowest BCUT2D eigenvalue weighted by atomic mass is 10.1. The number of benzene rings is 1. The normalized spacial score (nSPS) is 17.1. The molecule has 0 aliphatic carbocycles. The number of nitrogens with zero attached hydrogens (tertiary/aromatic N) is 1. The van der Waals surface area contributed by atoms with Crippen molar-refractivity contribution >= 4 is 23.4 Å². The van der Waals surface area contributed by atoms with E-state index in [0.29, 0.717) is 29.5 Å². The molecule has 3 rings (SSSR count). The molecule has 7 heteroatoms. The minimum atomic E-state index is -0.464. The first kappa shape index (κ1) is 15.6. The Bertz CT molecular complexity index is 740. The van der Waals surface area contributed by atoms with Gasteiger partial charge in [-0.25, -0.2) is 4.98 Å². The number of hydrogen-bond donors (Lipinski definition) is 2. The zero-order valence-corrected chi connectivity index (χ0v) is 13.3. The van der Waals surface area contributed by atoms with Crippen LogP contribution in [0.5, 0.6) is 0 Å². The van der Waals surface area contributed by atoms with Crippen LogP contribution in [0.25, 0.3) is 11.3 Å². The Balaban J connectivity index is 1.65. The molecule has 1 aromatic carbocycles. The molecule has 1 aliphatic rings.